The Bertz CT molecular complexity index is 278. The number of hydrogen-bond donors (Lipinski definition) is 1. The first kappa shape index (κ1) is 9.42. The average Bonchev–Trinajstić information content (AvgIpc) is 2.48. The summed E-state index contributed by atoms with van der Waals surface area (Å²) in [5.41, 5.74) is 0.661. The van der Waals surface area contributed by atoms with Gasteiger partial charge in [-0.3, -0.25) is 4.79 Å². The number of aryl methyl sites for hydroxylation is 1. The van der Waals surface area contributed by atoms with Crippen LogP contribution in [0.25, 0.3) is 0 Å². The molecule has 0 radical (unpaired) electrons. The molecule has 1 aromatic rings. The van der Waals surface area contributed by atoms with Gasteiger partial charge in [0.05, 0.1) is 0 Å². The molecule has 0 fully saturated rings. The standard InChI is InChI=1S/C9H12O2S/c1-3-8(10)9(11)7-4-5-12-6(7)2/h4-5,8,10H,3H2,1-2H3. The molecule has 0 saturated carbocycles. The first-order valence-corrected chi connectivity index (χ1v) is 4.81. The second-order valence-corrected chi connectivity index (χ2v) is 3.80. The monoisotopic (exact) mass is 184 g/mol. The molecular weight excluding hydrogens is 172 g/mol. The topological polar surface area (TPSA) is 37.3 Å². The molecule has 0 aliphatic rings. The van der Waals surface area contributed by atoms with Gasteiger partial charge in [-0.2, -0.15) is 0 Å². The second-order valence-electron chi connectivity index (χ2n) is 2.68. The fourth-order valence-electron chi connectivity index (χ4n) is 1.01. The maximum Gasteiger partial charge on any atom is 0.192 e. The summed E-state index contributed by atoms with van der Waals surface area (Å²) in [5.74, 6) is -0.156. The number of carbonyl (C=O) groups excluding carboxylic acids is 1. The van der Waals surface area contributed by atoms with Crippen LogP contribution in [-0.4, -0.2) is 17.0 Å². The molecule has 1 N–H and O–H groups in total. The lowest BCUT2D eigenvalue weighted by Gasteiger charge is -2.04. The highest BCUT2D eigenvalue weighted by atomic mass is 32.1. The number of carbonyl (C=O) groups is 1. The smallest absolute Gasteiger partial charge is 0.192 e. The fourth-order valence-corrected chi connectivity index (χ4v) is 1.71. The van der Waals surface area contributed by atoms with Crippen LogP contribution in [-0.2, 0) is 0 Å². The second kappa shape index (κ2) is 3.83. The van der Waals surface area contributed by atoms with Crippen molar-refractivity contribution in [3.63, 3.8) is 0 Å². The summed E-state index contributed by atoms with van der Waals surface area (Å²) in [6.45, 7) is 3.69. The Morgan fingerprint density at radius 1 is 1.75 bits per heavy atom. The van der Waals surface area contributed by atoms with Gasteiger partial charge < -0.3 is 5.11 Å². The molecule has 12 heavy (non-hydrogen) atoms. The summed E-state index contributed by atoms with van der Waals surface area (Å²) in [6, 6.07) is 1.77. The van der Waals surface area contributed by atoms with Crippen LogP contribution in [0.3, 0.4) is 0 Å². The molecule has 0 bridgehead atoms. The van der Waals surface area contributed by atoms with Gasteiger partial charge in [-0.15, -0.1) is 11.3 Å². The summed E-state index contributed by atoms with van der Waals surface area (Å²) in [7, 11) is 0. The minimum Gasteiger partial charge on any atom is -0.385 e. The van der Waals surface area contributed by atoms with Crippen LogP contribution in [0, 0.1) is 6.92 Å². The molecule has 0 spiro atoms. The van der Waals surface area contributed by atoms with E-state index in [2.05, 4.69) is 0 Å². The molecule has 2 nitrogen and oxygen atoms in total. The van der Waals surface area contributed by atoms with Crippen LogP contribution < -0.4 is 0 Å². The largest absolute Gasteiger partial charge is 0.385 e. The number of Topliss-reactive ketones (excluding diaryl/α,β-unsaturated/α-hetero) is 1. The molecule has 0 aliphatic heterocycles. The molecule has 1 aromatic heterocycles. The normalized spacial score (nSPS) is 12.9. The van der Waals surface area contributed by atoms with Crippen molar-refractivity contribution < 1.29 is 9.90 Å². The maximum absolute atomic E-state index is 11.4. The van der Waals surface area contributed by atoms with Crippen LogP contribution in [0.2, 0.25) is 0 Å². The summed E-state index contributed by atoms with van der Waals surface area (Å²) < 4.78 is 0. The van der Waals surface area contributed by atoms with Gasteiger partial charge in [0.25, 0.3) is 0 Å². The molecule has 66 valence electrons. The van der Waals surface area contributed by atoms with Gasteiger partial charge in [-0.25, -0.2) is 0 Å². The van der Waals surface area contributed by atoms with E-state index < -0.39 is 6.10 Å². The van der Waals surface area contributed by atoms with E-state index in [0.29, 0.717) is 12.0 Å². The predicted octanol–water partition coefficient (Wildman–Crippen LogP) is 2.01. The highest BCUT2D eigenvalue weighted by Crippen LogP contribution is 2.17. The van der Waals surface area contributed by atoms with E-state index in [9.17, 15) is 9.90 Å². The third-order valence-corrected chi connectivity index (χ3v) is 2.66. The molecule has 0 aliphatic carbocycles. The van der Waals surface area contributed by atoms with Crippen LogP contribution >= 0.6 is 11.3 Å². The summed E-state index contributed by atoms with van der Waals surface area (Å²) in [4.78, 5) is 12.4. The molecule has 1 heterocycles. The molecule has 1 unspecified atom stereocenters. The first-order valence-electron chi connectivity index (χ1n) is 3.93. The van der Waals surface area contributed by atoms with Gasteiger partial charge in [0.15, 0.2) is 5.78 Å². The van der Waals surface area contributed by atoms with E-state index in [-0.39, 0.29) is 5.78 Å². The number of rotatable bonds is 3. The van der Waals surface area contributed by atoms with Crippen molar-refractivity contribution in [3.05, 3.63) is 21.9 Å². The van der Waals surface area contributed by atoms with Gasteiger partial charge in [0, 0.05) is 10.4 Å². The minimum absolute atomic E-state index is 0.156. The Labute approximate surface area is 75.9 Å². The van der Waals surface area contributed by atoms with Gasteiger partial charge in [0.1, 0.15) is 6.10 Å². The van der Waals surface area contributed by atoms with Gasteiger partial charge >= 0.3 is 0 Å². The Hall–Kier alpha value is -0.670. The Kier molecular flexibility index (Phi) is 3.00. The van der Waals surface area contributed by atoms with Crippen molar-refractivity contribution in [3.8, 4) is 0 Å². The van der Waals surface area contributed by atoms with Gasteiger partial charge in [0.2, 0.25) is 0 Å². The number of thiophene rings is 1. The lowest BCUT2D eigenvalue weighted by atomic mass is 10.1. The van der Waals surface area contributed by atoms with Gasteiger partial charge in [-0.05, 0) is 24.8 Å². The Balaban J connectivity index is 2.85. The van der Waals surface area contributed by atoms with E-state index in [1.165, 1.54) is 11.3 Å². The van der Waals surface area contributed by atoms with Crippen molar-refractivity contribution in [2.45, 2.75) is 26.4 Å². The van der Waals surface area contributed by atoms with E-state index in [4.69, 9.17) is 0 Å². The van der Waals surface area contributed by atoms with E-state index in [0.717, 1.165) is 4.88 Å². The molecule has 0 amide bonds. The fraction of sp³-hybridized carbons (Fsp3) is 0.444. The Morgan fingerprint density at radius 3 is 2.83 bits per heavy atom. The zero-order valence-electron chi connectivity index (χ0n) is 7.20. The third kappa shape index (κ3) is 1.73. The quantitative estimate of drug-likeness (QED) is 0.730. The zero-order chi connectivity index (χ0) is 9.14. The SMILES string of the molecule is CCC(O)C(=O)c1ccsc1C. The summed E-state index contributed by atoms with van der Waals surface area (Å²) in [5, 5.41) is 11.1. The zero-order valence-corrected chi connectivity index (χ0v) is 8.02. The molecule has 3 heteroatoms. The van der Waals surface area contributed by atoms with Crippen LogP contribution in [0.5, 0.6) is 0 Å². The lowest BCUT2D eigenvalue weighted by molar-refractivity contribution is 0.0740. The summed E-state index contributed by atoms with van der Waals surface area (Å²) in [6.07, 6.45) is -0.355. The lowest BCUT2D eigenvalue weighted by Crippen LogP contribution is -2.19. The van der Waals surface area contributed by atoms with Crippen molar-refractivity contribution in [1.82, 2.24) is 0 Å². The highest BCUT2D eigenvalue weighted by molar-refractivity contribution is 7.10. The first-order chi connectivity index (χ1) is 5.66. The molecule has 1 rings (SSSR count). The summed E-state index contributed by atoms with van der Waals surface area (Å²) >= 11 is 1.53. The number of ketones is 1. The Morgan fingerprint density at radius 2 is 2.42 bits per heavy atom. The van der Waals surface area contributed by atoms with E-state index in [1.807, 2.05) is 12.3 Å². The van der Waals surface area contributed by atoms with Gasteiger partial charge in [-0.1, -0.05) is 6.92 Å². The van der Waals surface area contributed by atoms with Crippen molar-refractivity contribution in [2.75, 3.05) is 0 Å². The average molecular weight is 184 g/mol. The molecule has 1 atom stereocenters. The maximum atomic E-state index is 11.4. The van der Waals surface area contributed by atoms with Crippen molar-refractivity contribution in [1.29, 1.82) is 0 Å². The number of hydrogen-bond acceptors (Lipinski definition) is 3. The van der Waals surface area contributed by atoms with Crippen LogP contribution in [0.4, 0.5) is 0 Å². The number of aliphatic hydroxyl groups excluding tert-OH is 1. The predicted molar refractivity (Wildman–Crippen MR) is 49.7 cm³/mol. The van der Waals surface area contributed by atoms with Crippen molar-refractivity contribution in [2.24, 2.45) is 0 Å². The molecular formula is C9H12O2S. The highest BCUT2D eigenvalue weighted by Gasteiger charge is 2.17. The minimum atomic E-state index is -0.835. The molecule has 0 aromatic carbocycles. The van der Waals surface area contributed by atoms with Crippen molar-refractivity contribution >= 4 is 17.1 Å². The van der Waals surface area contributed by atoms with E-state index in [1.54, 1.807) is 13.0 Å². The third-order valence-electron chi connectivity index (χ3n) is 1.81. The number of aliphatic hydroxyl groups is 1. The van der Waals surface area contributed by atoms with Crippen LogP contribution in [0.15, 0.2) is 11.4 Å². The molecule has 0 saturated heterocycles. The van der Waals surface area contributed by atoms with Crippen LogP contribution in [0.1, 0.15) is 28.6 Å². The van der Waals surface area contributed by atoms with E-state index >= 15 is 0 Å².